The van der Waals surface area contributed by atoms with Crippen LogP contribution in [0.2, 0.25) is 5.02 Å². The van der Waals surface area contributed by atoms with Crippen molar-refractivity contribution in [2.75, 3.05) is 31.6 Å². The molecule has 0 heterocycles. The lowest BCUT2D eigenvalue weighted by Gasteiger charge is -2.34. The fraction of sp³-hybridized carbons (Fsp3) is 0.297. The zero-order valence-electron chi connectivity index (χ0n) is 28.9. The second-order valence-electron chi connectivity index (χ2n) is 11.8. The fourth-order valence-electron chi connectivity index (χ4n) is 5.47. The molecule has 0 spiro atoms. The molecule has 4 aromatic carbocycles. The number of hydrogen-bond acceptors (Lipinski definition) is 8. The van der Waals surface area contributed by atoms with E-state index in [0.717, 1.165) is 28.8 Å². The second-order valence-corrected chi connectivity index (χ2v) is 14.1. The summed E-state index contributed by atoms with van der Waals surface area (Å²) >= 11 is 6.35. The van der Waals surface area contributed by atoms with Crippen LogP contribution in [0.3, 0.4) is 0 Å². The Morgan fingerprint density at radius 3 is 2.33 bits per heavy atom. The van der Waals surface area contributed by atoms with Crippen molar-refractivity contribution in [3.05, 3.63) is 123 Å². The summed E-state index contributed by atoms with van der Waals surface area (Å²) in [7, 11) is -1.84. The Hall–Kier alpha value is -5.14. The molecule has 4 aromatic rings. The van der Waals surface area contributed by atoms with Crippen LogP contribution in [0.4, 0.5) is 11.4 Å². The number of nitro groups is 1. The Kier molecular flexibility index (Phi) is 13.4. The quantitative estimate of drug-likeness (QED) is 0.0752. The molecule has 12 nitrogen and oxygen atoms in total. The van der Waals surface area contributed by atoms with Crippen LogP contribution in [0.1, 0.15) is 36.5 Å². The van der Waals surface area contributed by atoms with E-state index in [4.69, 9.17) is 21.1 Å². The lowest BCUT2D eigenvalue weighted by molar-refractivity contribution is -0.385. The number of nitrogens with zero attached hydrogens (tertiary/aromatic N) is 3. The number of nitrogens with one attached hydrogen (secondary N) is 1. The maximum Gasteiger partial charge on any atom is 0.273 e. The van der Waals surface area contributed by atoms with Gasteiger partial charge in [0.15, 0.2) is 0 Å². The SMILES string of the molecule is CCCCNC(=O)[C@H](Cc1ccccc1)N(Cc1cccc(OC)c1)C(=O)CN(c1cc(Cl)ccc1OC)S(=O)(=O)c1ccc(C)c([N+](=O)[O-])c1. The molecule has 0 aliphatic carbocycles. The van der Waals surface area contributed by atoms with Crippen molar-refractivity contribution in [3.63, 3.8) is 0 Å². The summed E-state index contributed by atoms with van der Waals surface area (Å²) in [5.74, 6) is -0.528. The van der Waals surface area contributed by atoms with Crippen LogP contribution in [0, 0.1) is 17.0 Å². The van der Waals surface area contributed by atoms with Gasteiger partial charge in [-0.1, -0.05) is 73.5 Å². The van der Waals surface area contributed by atoms with E-state index in [1.807, 2.05) is 37.3 Å². The van der Waals surface area contributed by atoms with Gasteiger partial charge in [-0.05, 0) is 60.9 Å². The number of halogens is 1. The van der Waals surface area contributed by atoms with Crippen molar-refractivity contribution in [1.29, 1.82) is 0 Å². The molecule has 0 radical (unpaired) electrons. The molecule has 2 amide bonds. The highest BCUT2D eigenvalue weighted by Gasteiger charge is 2.36. The molecule has 0 saturated carbocycles. The molecule has 0 bridgehead atoms. The lowest BCUT2D eigenvalue weighted by atomic mass is 10.0. The van der Waals surface area contributed by atoms with Crippen LogP contribution >= 0.6 is 11.6 Å². The number of hydrogen-bond donors (Lipinski definition) is 1. The van der Waals surface area contributed by atoms with Gasteiger partial charge < -0.3 is 19.7 Å². The van der Waals surface area contributed by atoms with Gasteiger partial charge in [-0.3, -0.25) is 24.0 Å². The van der Waals surface area contributed by atoms with Crippen LogP contribution in [-0.2, 0) is 32.6 Å². The molecule has 0 saturated heterocycles. The Bertz CT molecular complexity index is 1960. The van der Waals surface area contributed by atoms with Gasteiger partial charge in [0.05, 0.1) is 29.7 Å². The van der Waals surface area contributed by atoms with E-state index >= 15 is 0 Å². The molecule has 0 unspecified atom stereocenters. The highest BCUT2D eigenvalue weighted by atomic mass is 35.5. The number of carbonyl (C=O) groups is 2. The van der Waals surface area contributed by atoms with Gasteiger partial charge in [0.1, 0.15) is 24.1 Å². The first-order chi connectivity index (χ1) is 24.4. The Morgan fingerprint density at radius 2 is 1.67 bits per heavy atom. The number of benzene rings is 4. The van der Waals surface area contributed by atoms with E-state index in [1.54, 1.807) is 24.3 Å². The third-order valence-corrected chi connectivity index (χ3v) is 10.2. The largest absolute Gasteiger partial charge is 0.497 e. The van der Waals surface area contributed by atoms with E-state index in [2.05, 4.69) is 5.32 Å². The van der Waals surface area contributed by atoms with E-state index in [-0.39, 0.29) is 35.0 Å². The van der Waals surface area contributed by atoms with E-state index in [9.17, 15) is 28.1 Å². The Balaban J connectivity index is 1.89. The molecule has 0 aromatic heterocycles. The maximum atomic E-state index is 14.8. The molecule has 270 valence electrons. The predicted molar refractivity (Wildman–Crippen MR) is 196 cm³/mol. The lowest BCUT2D eigenvalue weighted by Crippen LogP contribution is -2.53. The van der Waals surface area contributed by atoms with Crippen molar-refractivity contribution < 1.29 is 32.4 Å². The molecule has 1 N–H and O–H groups in total. The number of amides is 2. The Labute approximate surface area is 303 Å². The first-order valence-electron chi connectivity index (χ1n) is 16.2. The van der Waals surface area contributed by atoms with E-state index < -0.39 is 49.9 Å². The topological polar surface area (TPSA) is 148 Å². The maximum absolute atomic E-state index is 14.8. The molecule has 51 heavy (non-hydrogen) atoms. The second kappa shape index (κ2) is 17.7. The molecule has 0 fully saturated rings. The average Bonchev–Trinajstić information content (AvgIpc) is 3.12. The summed E-state index contributed by atoms with van der Waals surface area (Å²) in [6.45, 7) is 2.98. The van der Waals surface area contributed by atoms with Crippen LogP contribution in [-0.4, -0.2) is 63.4 Å². The van der Waals surface area contributed by atoms with Crippen LogP contribution in [0.25, 0.3) is 0 Å². The third kappa shape index (κ3) is 9.77. The fourth-order valence-corrected chi connectivity index (χ4v) is 7.08. The predicted octanol–water partition coefficient (Wildman–Crippen LogP) is 6.33. The highest BCUT2D eigenvalue weighted by Crippen LogP contribution is 2.36. The van der Waals surface area contributed by atoms with Crippen molar-refractivity contribution >= 4 is 44.8 Å². The Morgan fingerprint density at radius 1 is 0.941 bits per heavy atom. The number of carbonyl (C=O) groups excluding carboxylic acids is 2. The molecular weight excluding hydrogens is 696 g/mol. The van der Waals surface area contributed by atoms with Gasteiger partial charge in [-0.15, -0.1) is 0 Å². The summed E-state index contributed by atoms with van der Waals surface area (Å²) in [6, 6.07) is 22.9. The molecule has 14 heteroatoms. The zero-order chi connectivity index (χ0) is 37.1. The first kappa shape index (κ1) is 38.7. The van der Waals surface area contributed by atoms with Gasteiger partial charge in [0, 0.05) is 36.2 Å². The normalized spacial score (nSPS) is 11.7. The minimum Gasteiger partial charge on any atom is -0.497 e. The standard InChI is InChI=1S/C37H41ClN4O8S/c1-5-6-19-39-37(44)34(21-27-11-8-7-9-12-27)40(24-28-13-10-14-30(20-28)49-3)36(43)25-41(33-22-29(38)16-18-35(33)50-4)51(47,48)31-17-15-26(2)32(23-31)42(45)46/h7-18,20,22-23,34H,5-6,19,21,24-25H2,1-4H3,(H,39,44)/t34-/m0/s1. The van der Waals surface area contributed by atoms with Crippen LogP contribution in [0.5, 0.6) is 11.5 Å². The van der Waals surface area contributed by atoms with Gasteiger partial charge in [-0.2, -0.15) is 0 Å². The average molecular weight is 737 g/mol. The number of aryl methyl sites for hydroxylation is 1. The smallest absolute Gasteiger partial charge is 0.273 e. The third-order valence-electron chi connectivity index (χ3n) is 8.24. The van der Waals surface area contributed by atoms with Gasteiger partial charge in [0.2, 0.25) is 11.8 Å². The summed E-state index contributed by atoms with van der Waals surface area (Å²) in [5.41, 5.74) is 1.18. The minimum atomic E-state index is -4.69. The number of rotatable bonds is 17. The van der Waals surface area contributed by atoms with Gasteiger partial charge in [-0.25, -0.2) is 8.42 Å². The van der Waals surface area contributed by atoms with Crippen molar-refractivity contribution in [2.45, 2.75) is 50.6 Å². The van der Waals surface area contributed by atoms with Gasteiger partial charge >= 0.3 is 0 Å². The summed E-state index contributed by atoms with van der Waals surface area (Å²) in [6.07, 6.45) is 1.68. The molecular formula is C37H41ClN4O8S. The van der Waals surface area contributed by atoms with E-state index in [0.29, 0.717) is 17.9 Å². The molecule has 0 aliphatic heterocycles. The summed E-state index contributed by atoms with van der Waals surface area (Å²) in [5, 5.41) is 14.9. The highest BCUT2D eigenvalue weighted by molar-refractivity contribution is 7.92. The van der Waals surface area contributed by atoms with Crippen molar-refractivity contribution in [2.24, 2.45) is 0 Å². The minimum absolute atomic E-state index is 0.0742. The monoisotopic (exact) mass is 736 g/mol. The molecule has 1 atom stereocenters. The number of anilines is 1. The number of ether oxygens (including phenoxy) is 2. The summed E-state index contributed by atoms with van der Waals surface area (Å²) in [4.78, 5) is 40.8. The number of methoxy groups -OCH3 is 2. The first-order valence-corrected chi connectivity index (χ1v) is 18.1. The number of sulfonamides is 1. The zero-order valence-corrected chi connectivity index (χ0v) is 30.4. The van der Waals surface area contributed by atoms with Gasteiger partial charge in [0.25, 0.3) is 15.7 Å². The molecule has 0 aliphatic rings. The van der Waals surface area contributed by atoms with E-state index in [1.165, 1.54) is 56.4 Å². The number of nitro benzene ring substituents is 1. The van der Waals surface area contributed by atoms with Crippen LogP contribution in [0.15, 0.2) is 95.9 Å². The number of unbranched alkanes of at least 4 members (excludes halogenated alkanes) is 1. The van der Waals surface area contributed by atoms with Crippen LogP contribution < -0.4 is 19.1 Å². The van der Waals surface area contributed by atoms with Crippen molar-refractivity contribution in [3.8, 4) is 11.5 Å². The molecule has 4 rings (SSSR count). The van der Waals surface area contributed by atoms with Crippen molar-refractivity contribution in [1.82, 2.24) is 10.2 Å². The summed E-state index contributed by atoms with van der Waals surface area (Å²) < 4.78 is 40.7.